The van der Waals surface area contributed by atoms with Gasteiger partial charge in [-0.2, -0.15) is 4.31 Å². The molecule has 0 bridgehead atoms. The summed E-state index contributed by atoms with van der Waals surface area (Å²) in [6, 6.07) is 16.5. The first kappa shape index (κ1) is 24.8. The third kappa shape index (κ3) is 5.84. The van der Waals surface area contributed by atoms with Gasteiger partial charge in [0, 0.05) is 30.4 Å². The van der Waals surface area contributed by atoms with Crippen molar-refractivity contribution in [2.45, 2.75) is 30.5 Å². The number of benzene rings is 2. The zero-order chi connectivity index (χ0) is 25.0. The fourth-order valence-corrected chi connectivity index (χ4v) is 5.45. The number of nitrogens with one attached hydrogen (secondary N) is 2. The first-order valence-electron chi connectivity index (χ1n) is 11.0. The zero-order valence-electron chi connectivity index (χ0n) is 18.7. The van der Waals surface area contributed by atoms with E-state index in [0.717, 1.165) is 5.69 Å². The van der Waals surface area contributed by atoms with Crippen LogP contribution >= 0.6 is 11.6 Å². The lowest BCUT2D eigenvalue weighted by molar-refractivity contribution is 0.0946. The van der Waals surface area contributed by atoms with Crippen LogP contribution in [-0.2, 0) is 16.6 Å². The van der Waals surface area contributed by atoms with Crippen molar-refractivity contribution in [1.29, 1.82) is 0 Å². The maximum Gasteiger partial charge on any atom is 0.276 e. The fraction of sp³-hybridized carbons (Fsp3) is 0.250. The number of hydrogen-bond donors (Lipinski definition) is 3. The number of halogens is 1. The lowest BCUT2D eigenvalue weighted by Crippen LogP contribution is -2.42. The van der Waals surface area contributed by atoms with Gasteiger partial charge in [0.05, 0.1) is 17.1 Å². The average Bonchev–Trinajstić information content (AvgIpc) is 3.34. The molecule has 9 nitrogen and oxygen atoms in total. The molecule has 2 aromatic carbocycles. The Hall–Kier alpha value is -3.34. The van der Waals surface area contributed by atoms with Crippen LogP contribution in [0, 0.1) is 0 Å². The minimum Gasteiger partial charge on any atom is -0.446 e. The second-order valence-electron chi connectivity index (χ2n) is 8.15. The highest BCUT2D eigenvalue weighted by molar-refractivity contribution is 7.89. The summed E-state index contributed by atoms with van der Waals surface area (Å²) in [5.74, 6) is -0.547. The topological polar surface area (TPSA) is 135 Å². The van der Waals surface area contributed by atoms with E-state index in [0.29, 0.717) is 47.8 Å². The van der Waals surface area contributed by atoms with E-state index in [9.17, 15) is 18.0 Å². The van der Waals surface area contributed by atoms with Gasteiger partial charge >= 0.3 is 0 Å². The number of carbonyl (C=O) groups is 2. The van der Waals surface area contributed by atoms with Gasteiger partial charge in [-0.15, -0.1) is 0 Å². The third-order valence-corrected chi connectivity index (χ3v) is 7.87. The van der Waals surface area contributed by atoms with Gasteiger partial charge in [0.15, 0.2) is 0 Å². The molecule has 1 aromatic heterocycles. The van der Waals surface area contributed by atoms with Gasteiger partial charge in [-0.05, 0) is 61.4 Å². The number of nitrogens with two attached hydrogens (primary N) is 1. The predicted octanol–water partition coefficient (Wildman–Crippen LogP) is 3.23. The lowest BCUT2D eigenvalue weighted by Gasteiger charge is -2.31. The van der Waals surface area contributed by atoms with Crippen molar-refractivity contribution in [3.05, 3.63) is 82.6 Å². The summed E-state index contributed by atoms with van der Waals surface area (Å²) >= 11 is 6.03. The number of anilines is 1. The molecule has 0 spiro atoms. The molecule has 1 aliphatic heterocycles. The Morgan fingerprint density at radius 3 is 2.37 bits per heavy atom. The van der Waals surface area contributed by atoms with Crippen LogP contribution in [0.2, 0.25) is 5.02 Å². The Kier molecular flexibility index (Phi) is 7.44. The molecular weight excluding hydrogens is 492 g/mol. The van der Waals surface area contributed by atoms with Gasteiger partial charge in [-0.3, -0.25) is 9.59 Å². The van der Waals surface area contributed by atoms with E-state index < -0.39 is 15.9 Å². The Morgan fingerprint density at radius 2 is 1.71 bits per heavy atom. The third-order valence-electron chi connectivity index (χ3n) is 5.77. The summed E-state index contributed by atoms with van der Waals surface area (Å²) in [6.07, 6.45) is 1.22. The normalized spacial score (nSPS) is 15.0. The molecule has 3 aromatic rings. The summed E-state index contributed by atoms with van der Waals surface area (Å²) in [6.45, 7) is 0.692. The van der Waals surface area contributed by atoms with Gasteiger partial charge in [0.25, 0.3) is 15.9 Å². The van der Waals surface area contributed by atoms with Crippen LogP contribution in [0.1, 0.15) is 39.3 Å². The number of hydrogen-bond acceptors (Lipinski definition) is 6. The summed E-state index contributed by atoms with van der Waals surface area (Å²) in [4.78, 5) is 23.5. The Bertz CT molecular complexity index is 1320. The highest BCUT2D eigenvalue weighted by Crippen LogP contribution is 2.24. The first-order chi connectivity index (χ1) is 16.7. The number of sulfonamides is 1. The minimum absolute atomic E-state index is 0.0279. The van der Waals surface area contributed by atoms with E-state index in [2.05, 4.69) is 10.6 Å². The molecule has 0 radical (unpaired) electrons. The highest BCUT2D eigenvalue weighted by atomic mass is 35.5. The van der Waals surface area contributed by atoms with Crippen molar-refractivity contribution in [2.24, 2.45) is 5.73 Å². The molecule has 2 amide bonds. The van der Waals surface area contributed by atoms with Crippen LogP contribution in [0.5, 0.6) is 0 Å². The van der Waals surface area contributed by atoms with Crippen LogP contribution in [0.25, 0.3) is 0 Å². The van der Waals surface area contributed by atoms with Crippen molar-refractivity contribution < 1.29 is 22.4 Å². The van der Waals surface area contributed by atoms with Crippen molar-refractivity contribution in [1.82, 2.24) is 9.62 Å². The molecule has 0 saturated carbocycles. The quantitative estimate of drug-likeness (QED) is 0.420. The van der Waals surface area contributed by atoms with Gasteiger partial charge < -0.3 is 20.8 Å². The molecule has 0 unspecified atom stereocenters. The van der Waals surface area contributed by atoms with E-state index in [4.69, 9.17) is 21.8 Å². The summed E-state index contributed by atoms with van der Waals surface area (Å²) in [5, 5.41) is 6.21. The minimum atomic E-state index is -3.80. The molecule has 2 heterocycles. The second-order valence-corrected chi connectivity index (χ2v) is 10.4. The SMILES string of the molecule is NC(=O)c1ccc(NC2CCN(S(=O)(=O)c3ccc(CNC(=O)c4ccccc4Cl)o3)CC2)cc1. The number of amides is 2. The second kappa shape index (κ2) is 10.5. The summed E-state index contributed by atoms with van der Waals surface area (Å²) in [7, 11) is -3.80. The molecule has 4 N–H and O–H groups in total. The molecule has 1 fully saturated rings. The molecule has 0 atom stereocenters. The summed E-state index contributed by atoms with van der Waals surface area (Å²) < 4.78 is 33.0. The Labute approximate surface area is 208 Å². The first-order valence-corrected chi connectivity index (χ1v) is 12.8. The highest BCUT2D eigenvalue weighted by Gasteiger charge is 2.31. The molecule has 0 aliphatic carbocycles. The molecule has 4 rings (SSSR count). The number of nitrogens with zero attached hydrogens (tertiary/aromatic N) is 1. The number of rotatable bonds is 8. The van der Waals surface area contributed by atoms with Crippen LogP contribution in [0.15, 0.2) is 70.2 Å². The standard InChI is InChI=1S/C24H25ClN4O5S/c25-21-4-2-1-3-20(21)24(31)27-15-19-9-10-22(34-19)35(32,33)29-13-11-18(12-14-29)28-17-7-5-16(6-8-17)23(26)30/h1-10,18,28H,11-15H2,(H2,26,30)(H,27,31). The number of furan rings is 1. The van der Waals surface area contributed by atoms with Gasteiger partial charge in [-0.1, -0.05) is 23.7 Å². The van der Waals surface area contributed by atoms with Crippen molar-refractivity contribution in [2.75, 3.05) is 18.4 Å². The number of carbonyl (C=O) groups excluding carboxylic acids is 2. The maximum absolute atomic E-state index is 13.0. The fourth-order valence-electron chi connectivity index (χ4n) is 3.83. The molecule has 1 aliphatic rings. The van der Waals surface area contributed by atoms with Gasteiger partial charge in [0.1, 0.15) is 5.76 Å². The van der Waals surface area contributed by atoms with Crippen LogP contribution in [-0.4, -0.2) is 43.7 Å². The Morgan fingerprint density at radius 1 is 1.03 bits per heavy atom. The number of piperidine rings is 1. The Balaban J connectivity index is 1.31. The number of primary amides is 1. The predicted molar refractivity (Wildman–Crippen MR) is 132 cm³/mol. The average molecular weight is 517 g/mol. The molecule has 184 valence electrons. The van der Waals surface area contributed by atoms with Crippen molar-refractivity contribution >= 4 is 39.1 Å². The zero-order valence-corrected chi connectivity index (χ0v) is 20.3. The van der Waals surface area contributed by atoms with E-state index in [1.54, 1.807) is 48.5 Å². The van der Waals surface area contributed by atoms with E-state index in [1.165, 1.54) is 16.4 Å². The lowest BCUT2D eigenvalue weighted by atomic mass is 10.1. The van der Waals surface area contributed by atoms with E-state index >= 15 is 0 Å². The smallest absolute Gasteiger partial charge is 0.276 e. The molecule has 11 heteroatoms. The van der Waals surface area contributed by atoms with Crippen molar-refractivity contribution in [3.8, 4) is 0 Å². The van der Waals surface area contributed by atoms with Crippen LogP contribution < -0.4 is 16.4 Å². The van der Waals surface area contributed by atoms with Gasteiger partial charge in [0.2, 0.25) is 11.0 Å². The van der Waals surface area contributed by atoms with E-state index in [1.807, 2.05) is 0 Å². The largest absolute Gasteiger partial charge is 0.446 e. The molecule has 1 saturated heterocycles. The summed E-state index contributed by atoms with van der Waals surface area (Å²) in [5.41, 5.74) is 6.86. The monoisotopic (exact) mass is 516 g/mol. The van der Waals surface area contributed by atoms with Crippen molar-refractivity contribution in [3.63, 3.8) is 0 Å². The van der Waals surface area contributed by atoms with Crippen LogP contribution in [0.3, 0.4) is 0 Å². The molecule has 35 heavy (non-hydrogen) atoms. The molecular formula is C24H25ClN4O5S. The van der Waals surface area contributed by atoms with Crippen LogP contribution in [0.4, 0.5) is 5.69 Å². The van der Waals surface area contributed by atoms with E-state index in [-0.39, 0.29) is 23.6 Å². The van der Waals surface area contributed by atoms with Gasteiger partial charge in [-0.25, -0.2) is 8.42 Å². The maximum atomic E-state index is 13.0.